The van der Waals surface area contributed by atoms with Gasteiger partial charge in [0.1, 0.15) is 6.33 Å². The van der Waals surface area contributed by atoms with Gasteiger partial charge in [-0.3, -0.25) is 0 Å². The molecule has 4 heterocycles. The van der Waals surface area contributed by atoms with Gasteiger partial charge in [0, 0.05) is 52.6 Å². The van der Waals surface area contributed by atoms with Gasteiger partial charge in [0.25, 0.3) is 0 Å². The third-order valence-corrected chi connectivity index (χ3v) is 10.1. The Hall–Kier alpha value is -4.39. The van der Waals surface area contributed by atoms with Crippen molar-refractivity contribution in [2.75, 3.05) is 0 Å². The van der Waals surface area contributed by atoms with E-state index in [1.165, 1.54) is 38.4 Å². The molecule has 0 fully saturated rings. The van der Waals surface area contributed by atoms with E-state index >= 15 is 0 Å². The van der Waals surface area contributed by atoms with Gasteiger partial charge in [-0.1, -0.05) is 73.2 Å². The zero-order valence-corrected chi connectivity index (χ0v) is 26.3. The Morgan fingerprint density at radius 1 is 0.886 bits per heavy atom. The first-order chi connectivity index (χ1) is 21.5. The summed E-state index contributed by atoms with van der Waals surface area (Å²) in [4.78, 5) is 15.6. The molecule has 2 aliphatic rings. The lowest BCUT2D eigenvalue weighted by molar-refractivity contribution is 0.551. The predicted molar refractivity (Wildman–Crippen MR) is 182 cm³/mol. The molecule has 1 aliphatic heterocycles. The number of aromatic nitrogens is 3. The number of pyridine rings is 1. The number of hydrogen-bond donors (Lipinski definition) is 2. The topological polar surface area (TPSA) is 62.7 Å². The smallest absolute Gasteiger partial charge is 0.163 e. The summed E-state index contributed by atoms with van der Waals surface area (Å²) < 4.78 is 0. The predicted octanol–water partition coefficient (Wildman–Crippen LogP) is 8.64. The van der Waals surface area contributed by atoms with Crippen LogP contribution in [0.1, 0.15) is 60.4 Å². The average Bonchev–Trinajstić information content (AvgIpc) is 3.54. The Bertz CT molecular complexity index is 1920. The second kappa shape index (κ2) is 11.9. The van der Waals surface area contributed by atoms with Crippen molar-refractivity contribution >= 4 is 28.1 Å². The molecule has 0 spiro atoms. The molecule has 220 valence electrons. The summed E-state index contributed by atoms with van der Waals surface area (Å²) in [5, 5.41) is 10.6. The van der Waals surface area contributed by atoms with Gasteiger partial charge in [-0.25, -0.2) is 15.0 Å². The first-order valence-corrected chi connectivity index (χ1v) is 16.2. The monoisotopic (exact) mass is 595 g/mol. The molecule has 1 aliphatic carbocycles. The van der Waals surface area contributed by atoms with Crippen molar-refractivity contribution in [1.29, 1.82) is 0 Å². The maximum absolute atomic E-state index is 4.85. The Balaban J connectivity index is 1.21. The molecular weight excluding hydrogens is 559 g/mol. The largest absolute Gasteiger partial charge is 0.357 e. The number of aryl methyl sites for hydroxylation is 1. The van der Waals surface area contributed by atoms with Gasteiger partial charge in [-0.2, -0.15) is 0 Å². The minimum atomic E-state index is -0.0163. The molecule has 0 saturated carbocycles. The molecule has 0 bridgehead atoms. The van der Waals surface area contributed by atoms with E-state index in [9.17, 15) is 0 Å². The summed E-state index contributed by atoms with van der Waals surface area (Å²) in [5.41, 5.74) is 12.7. The number of nitrogens with one attached hydrogen (secondary N) is 2. The maximum Gasteiger partial charge on any atom is 0.163 e. The Labute approximate surface area is 263 Å². The number of thiophene rings is 1. The molecule has 0 amide bonds. The third kappa shape index (κ3) is 5.51. The van der Waals surface area contributed by atoms with Crippen LogP contribution in [-0.4, -0.2) is 15.0 Å². The lowest BCUT2D eigenvalue weighted by Gasteiger charge is -2.36. The van der Waals surface area contributed by atoms with Crippen LogP contribution in [0.15, 0.2) is 114 Å². The van der Waals surface area contributed by atoms with Crippen LogP contribution < -0.4 is 10.6 Å². The highest BCUT2D eigenvalue weighted by Crippen LogP contribution is 2.47. The van der Waals surface area contributed by atoms with Gasteiger partial charge in [-0.05, 0) is 78.1 Å². The van der Waals surface area contributed by atoms with Gasteiger partial charge in [0.15, 0.2) is 5.65 Å². The summed E-state index contributed by atoms with van der Waals surface area (Å²) in [7, 11) is 0. The van der Waals surface area contributed by atoms with Crippen LogP contribution in [0.3, 0.4) is 0 Å². The maximum atomic E-state index is 4.85. The molecule has 44 heavy (non-hydrogen) atoms. The molecule has 0 saturated heterocycles. The van der Waals surface area contributed by atoms with Gasteiger partial charge >= 0.3 is 0 Å². The highest BCUT2D eigenvalue weighted by molar-refractivity contribution is 7.10. The third-order valence-electron chi connectivity index (χ3n) is 8.95. The van der Waals surface area contributed by atoms with E-state index in [0.29, 0.717) is 5.65 Å². The van der Waals surface area contributed by atoms with Crippen LogP contribution in [0.2, 0.25) is 0 Å². The fourth-order valence-electron chi connectivity index (χ4n) is 6.62. The van der Waals surface area contributed by atoms with Crippen molar-refractivity contribution < 1.29 is 0 Å². The van der Waals surface area contributed by atoms with Crippen molar-refractivity contribution in [3.8, 4) is 11.1 Å². The lowest BCUT2D eigenvalue weighted by Crippen LogP contribution is -2.30. The van der Waals surface area contributed by atoms with Gasteiger partial charge in [0.2, 0.25) is 0 Å². The highest BCUT2D eigenvalue weighted by Gasteiger charge is 2.37. The van der Waals surface area contributed by atoms with Crippen LogP contribution >= 0.6 is 11.3 Å². The standard InChI is InChI=1S/C38H37N5S/c1-25-16-28(22-39-21-27-10-5-4-6-11-27)19-29(17-25)30-20-31-36(41-24-42-37(31)40-23-30)35-26(2)18-32-33(43-35)12-7-8-14-38(32,3)34-13-9-15-44-34/h4-11,13,15-17,19-20,23-24,39,43H,12,14,18,21-22H2,1-3H3. The second-order valence-electron chi connectivity index (χ2n) is 12.2. The van der Waals surface area contributed by atoms with Crippen LogP contribution in [0.4, 0.5) is 0 Å². The SMILES string of the molecule is CC1=C(c2ncnc3ncc(-c4cc(C)cc(CNCc5ccccc5)c4)cc23)NC2=C(C1)C(C)(c1cccs1)CC=CC2. The number of rotatable bonds is 7. The van der Waals surface area contributed by atoms with Gasteiger partial charge in [-0.15, -0.1) is 11.3 Å². The van der Waals surface area contributed by atoms with Crippen molar-refractivity contribution in [1.82, 2.24) is 25.6 Å². The number of dihydropyridines is 1. The van der Waals surface area contributed by atoms with Crippen LogP contribution in [0, 0.1) is 6.92 Å². The van der Waals surface area contributed by atoms with Crippen molar-refractivity contribution in [3.05, 3.63) is 141 Å². The number of fused-ring (bicyclic) bond motifs is 1. The zero-order valence-electron chi connectivity index (χ0n) is 25.5. The van der Waals surface area contributed by atoms with E-state index in [1.807, 2.05) is 17.5 Å². The minimum absolute atomic E-state index is 0.0163. The lowest BCUT2D eigenvalue weighted by atomic mass is 9.73. The summed E-state index contributed by atoms with van der Waals surface area (Å²) in [6, 6.07) is 23.9. The summed E-state index contributed by atoms with van der Waals surface area (Å²) in [6.45, 7) is 8.42. The van der Waals surface area contributed by atoms with Crippen molar-refractivity contribution in [2.45, 2.75) is 58.5 Å². The Morgan fingerprint density at radius 3 is 2.59 bits per heavy atom. The molecule has 0 radical (unpaired) electrons. The fraction of sp³-hybridized carbons (Fsp3) is 0.237. The molecule has 5 aromatic rings. The Kier molecular flexibility index (Phi) is 7.71. The highest BCUT2D eigenvalue weighted by atomic mass is 32.1. The molecule has 5 nitrogen and oxygen atoms in total. The molecule has 1 atom stereocenters. The van der Waals surface area contributed by atoms with Gasteiger partial charge in [0.05, 0.1) is 11.4 Å². The van der Waals surface area contributed by atoms with E-state index in [2.05, 4.69) is 121 Å². The summed E-state index contributed by atoms with van der Waals surface area (Å²) in [5.74, 6) is 0. The normalized spacial score (nSPS) is 18.3. The molecule has 7 rings (SSSR count). The number of benzene rings is 2. The Morgan fingerprint density at radius 2 is 1.75 bits per heavy atom. The van der Waals surface area contributed by atoms with E-state index in [-0.39, 0.29) is 5.41 Å². The first-order valence-electron chi connectivity index (χ1n) is 15.3. The molecule has 2 aromatic carbocycles. The zero-order chi connectivity index (χ0) is 30.1. The summed E-state index contributed by atoms with van der Waals surface area (Å²) in [6.07, 6.45) is 11.1. The second-order valence-corrected chi connectivity index (χ2v) is 13.2. The average molecular weight is 596 g/mol. The quantitative estimate of drug-likeness (QED) is 0.184. The van der Waals surface area contributed by atoms with Crippen LogP contribution in [0.25, 0.3) is 27.9 Å². The first kappa shape index (κ1) is 28.4. The van der Waals surface area contributed by atoms with E-state index in [1.54, 1.807) is 6.33 Å². The summed E-state index contributed by atoms with van der Waals surface area (Å²) >= 11 is 1.85. The molecule has 3 aromatic heterocycles. The fourth-order valence-corrected chi connectivity index (χ4v) is 7.55. The number of hydrogen-bond acceptors (Lipinski definition) is 6. The minimum Gasteiger partial charge on any atom is -0.357 e. The van der Waals surface area contributed by atoms with Gasteiger partial charge < -0.3 is 10.6 Å². The van der Waals surface area contributed by atoms with Crippen molar-refractivity contribution in [2.24, 2.45) is 0 Å². The number of nitrogens with zero attached hydrogens (tertiary/aromatic N) is 3. The molecular formula is C38H37N5S. The van der Waals surface area contributed by atoms with E-state index in [0.717, 1.165) is 60.3 Å². The van der Waals surface area contributed by atoms with Crippen LogP contribution in [0.5, 0.6) is 0 Å². The molecule has 6 heteroatoms. The molecule has 2 N–H and O–H groups in total. The molecule has 1 unspecified atom stereocenters. The van der Waals surface area contributed by atoms with E-state index < -0.39 is 0 Å². The van der Waals surface area contributed by atoms with Crippen molar-refractivity contribution in [3.63, 3.8) is 0 Å². The van der Waals surface area contributed by atoms with Crippen LogP contribution in [-0.2, 0) is 18.5 Å². The number of allylic oxidation sites excluding steroid dienone is 4. The van der Waals surface area contributed by atoms with E-state index in [4.69, 9.17) is 9.97 Å².